The second-order valence-electron chi connectivity index (χ2n) is 3.82. The summed E-state index contributed by atoms with van der Waals surface area (Å²) < 4.78 is 13.0. The van der Waals surface area contributed by atoms with Gasteiger partial charge in [-0.25, -0.2) is 4.39 Å². The summed E-state index contributed by atoms with van der Waals surface area (Å²) in [4.78, 5) is 10.2. The highest BCUT2D eigenvalue weighted by molar-refractivity contribution is 5.85. The fraction of sp³-hybridized carbons (Fsp3) is 0.400. The Balaban J connectivity index is 0.00000128. The highest BCUT2D eigenvalue weighted by atomic mass is 35.5. The van der Waals surface area contributed by atoms with Gasteiger partial charge < -0.3 is 5.73 Å². The van der Waals surface area contributed by atoms with Crippen LogP contribution < -0.4 is 5.73 Å². The Kier molecular flexibility index (Phi) is 3.83. The molecule has 2 rings (SSSR count). The minimum Gasteiger partial charge on any atom is -0.323 e. The van der Waals surface area contributed by atoms with Crippen molar-refractivity contribution in [3.8, 4) is 0 Å². The van der Waals surface area contributed by atoms with E-state index in [2.05, 4.69) is 0 Å². The fourth-order valence-corrected chi connectivity index (χ4v) is 1.67. The number of nitrogens with two attached hydrogens (primary N) is 1. The molecule has 0 heterocycles. The van der Waals surface area contributed by atoms with Crippen molar-refractivity contribution in [3.05, 3.63) is 39.7 Å². The van der Waals surface area contributed by atoms with Crippen LogP contribution in [0, 0.1) is 21.8 Å². The maximum absolute atomic E-state index is 13.0. The molecule has 0 radical (unpaired) electrons. The molecule has 0 aromatic heterocycles. The van der Waals surface area contributed by atoms with E-state index in [0.717, 1.165) is 18.9 Å². The molecule has 1 aromatic rings. The first kappa shape index (κ1) is 12.9. The average Bonchev–Trinajstić information content (AvgIpc) is 2.99. The number of rotatable bonds is 3. The van der Waals surface area contributed by atoms with Crippen molar-refractivity contribution >= 4 is 18.1 Å². The first-order valence-electron chi connectivity index (χ1n) is 4.79. The van der Waals surface area contributed by atoms with Gasteiger partial charge in [0.05, 0.1) is 4.92 Å². The smallest absolute Gasteiger partial charge is 0.274 e. The Hall–Kier alpha value is -1.20. The van der Waals surface area contributed by atoms with E-state index in [0.29, 0.717) is 5.56 Å². The van der Waals surface area contributed by atoms with E-state index in [9.17, 15) is 14.5 Å². The van der Waals surface area contributed by atoms with Gasteiger partial charge in [0.1, 0.15) is 5.82 Å². The van der Waals surface area contributed by atoms with Gasteiger partial charge in [0.25, 0.3) is 5.69 Å². The van der Waals surface area contributed by atoms with Crippen molar-refractivity contribution in [3.63, 3.8) is 0 Å². The van der Waals surface area contributed by atoms with Crippen LogP contribution in [0.5, 0.6) is 0 Å². The summed E-state index contributed by atoms with van der Waals surface area (Å²) >= 11 is 0. The maximum Gasteiger partial charge on any atom is 0.274 e. The van der Waals surface area contributed by atoms with Crippen molar-refractivity contribution in [2.24, 2.45) is 11.7 Å². The molecule has 1 aromatic carbocycles. The molecular weight excluding hydrogens is 235 g/mol. The second kappa shape index (κ2) is 4.76. The maximum atomic E-state index is 13.0. The van der Waals surface area contributed by atoms with E-state index < -0.39 is 16.8 Å². The predicted molar refractivity (Wildman–Crippen MR) is 60.0 cm³/mol. The molecule has 0 amide bonds. The standard InChI is InChI=1S/C10H11FN2O2.ClH/c11-7-3-4-9(13(14)15)8(5-7)10(12)6-1-2-6;/h3-6,10H,1-2,12H2;1H/t10-;/m0./s1. The minimum absolute atomic E-state index is 0. The summed E-state index contributed by atoms with van der Waals surface area (Å²) in [6.07, 6.45) is 1.93. The van der Waals surface area contributed by atoms with Gasteiger partial charge in [-0.05, 0) is 30.9 Å². The molecule has 1 aliphatic carbocycles. The molecule has 1 aliphatic rings. The molecule has 0 saturated heterocycles. The van der Waals surface area contributed by atoms with Crippen molar-refractivity contribution in [1.29, 1.82) is 0 Å². The highest BCUT2D eigenvalue weighted by Gasteiger charge is 2.33. The number of hydrogen-bond acceptors (Lipinski definition) is 3. The van der Waals surface area contributed by atoms with E-state index >= 15 is 0 Å². The first-order chi connectivity index (χ1) is 7.09. The van der Waals surface area contributed by atoms with Crippen LogP contribution >= 0.6 is 12.4 Å². The minimum atomic E-state index is -0.517. The molecular formula is C10H12ClFN2O2. The molecule has 0 unspecified atom stereocenters. The van der Waals surface area contributed by atoms with Gasteiger partial charge in [0.2, 0.25) is 0 Å². The van der Waals surface area contributed by atoms with Crippen LogP contribution in [0.15, 0.2) is 18.2 Å². The molecule has 0 spiro atoms. The Morgan fingerprint density at radius 3 is 2.62 bits per heavy atom. The third kappa shape index (κ3) is 2.48. The van der Waals surface area contributed by atoms with Crippen LogP contribution in [0.3, 0.4) is 0 Å². The van der Waals surface area contributed by atoms with Crippen LogP contribution in [-0.2, 0) is 0 Å². The van der Waals surface area contributed by atoms with E-state index in [4.69, 9.17) is 5.73 Å². The zero-order valence-corrected chi connectivity index (χ0v) is 9.24. The van der Waals surface area contributed by atoms with Gasteiger partial charge in [0, 0.05) is 17.7 Å². The Labute approximate surface area is 98.2 Å². The zero-order chi connectivity index (χ0) is 11.0. The summed E-state index contributed by atoms with van der Waals surface area (Å²) in [6, 6.07) is 3.01. The molecule has 1 fully saturated rings. The van der Waals surface area contributed by atoms with E-state index in [1.165, 1.54) is 12.1 Å². The third-order valence-corrected chi connectivity index (χ3v) is 2.68. The molecule has 0 bridgehead atoms. The van der Waals surface area contributed by atoms with Crippen LogP contribution in [0.25, 0.3) is 0 Å². The van der Waals surface area contributed by atoms with Crippen molar-refractivity contribution < 1.29 is 9.31 Å². The fourth-order valence-electron chi connectivity index (χ4n) is 1.67. The summed E-state index contributed by atoms with van der Waals surface area (Å²) in [5, 5.41) is 10.7. The number of benzene rings is 1. The Morgan fingerprint density at radius 2 is 2.12 bits per heavy atom. The molecule has 0 aliphatic heterocycles. The lowest BCUT2D eigenvalue weighted by molar-refractivity contribution is -0.385. The van der Waals surface area contributed by atoms with E-state index in [1.54, 1.807) is 0 Å². The molecule has 4 nitrogen and oxygen atoms in total. The zero-order valence-electron chi connectivity index (χ0n) is 8.43. The Bertz CT molecular complexity index is 410. The monoisotopic (exact) mass is 246 g/mol. The molecule has 6 heteroatoms. The lowest BCUT2D eigenvalue weighted by Crippen LogP contribution is -2.14. The number of nitrogens with zero attached hydrogens (tertiary/aromatic N) is 1. The normalized spacial score (nSPS) is 16.4. The van der Waals surface area contributed by atoms with Crippen molar-refractivity contribution in [1.82, 2.24) is 0 Å². The largest absolute Gasteiger partial charge is 0.323 e. The third-order valence-electron chi connectivity index (χ3n) is 2.68. The van der Waals surface area contributed by atoms with Crippen LogP contribution in [-0.4, -0.2) is 4.92 Å². The summed E-state index contributed by atoms with van der Waals surface area (Å²) in [5.74, 6) is -0.211. The molecule has 16 heavy (non-hydrogen) atoms. The Morgan fingerprint density at radius 1 is 1.50 bits per heavy atom. The van der Waals surface area contributed by atoms with Gasteiger partial charge in [-0.15, -0.1) is 12.4 Å². The number of hydrogen-bond donors (Lipinski definition) is 1. The number of nitro benzene ring substituents is 1. The van der Waals surface area contributed by atoms with Gasteiger partial charge in [0.15, 0.2) is 0 Å². The predicted octanol–water partition coefficient (Wildman–Crippen LogP) is 2.57. The van der Waals surface area contributed by atoms with Gasteiger partial charge in [-0.2, -0.15) is 0 Å². The lowest BCUT2D eigenvalue weighted by atomic mass is 10.0. The molecule has 2 N–H and O–H groups in total. The van der Waals surface area contributed by atoms with Gasteiger partial charge in [-0.1, -0.05) is 0 Å². The van der Waals surface area contributed by atoms with Gasteiger partial charge in [-0.3, -0.25) is 10.1 Å². The quantitative estimate of drug-likeness (QED) is 0.658. The summed E-state index contributed by atoms with van der Waals surface area (Å²) in [7, 11) is 0. The summed E-state index contributed by atoms with van der Waals surface area (Å²) in [5.41, 5.74) is 6.06. The lowest BCUT2D eigenvalue weighted by Gasteiger charge is -2.10. The number of halogens is 2. The molecule has 88 valence electrons. The molecule has 1 atom stereocenters. The second-order valence-corrected chi connectivity index (χ2v) is 3.82. The summed E-state index contributed by atoms with van der Waals surface area (Å²) in [6.45, 7) is 0. The van der Waals surface area contributed by atoms with Crippen LogP contribution in [0.4, 0.5) is 10.1 Å². The SMILES string of the molecule is Cl.N[C@H](c1cc(F)ccc1[N+](=O)[O-])C1CC1. The van der Waals surface area contributed by atoms with Crippen LogP contribution in [0.2, 0.25) is 0 Å². The number of nitro groups is 1. The topological polar surface area (TPSA) is 69.2 Å². The van der Waals surface area contributed by atoms with Gasteiger partial charge >= 0.3 is 0 Å². The van der Waals surface area contributed by atoms with Crippen molar-refractivity contribution in [2.45, 2.75) is 18.9 Å². The van der Waals surface area contributed by atoms with E-state index in [1.807, 2.05) is 0 Å². The van der Waals surface area contributed by atoms with E-state index in [-0.39, 0.29) is 24.0 Å². The first-order valence-corrected chi connectivity index (χ1v) is 4.79. The highest BCUT2D eigenvalue weighted by Crippen LogP contribution is 2.41. The average molecular weight is 247 g/mol. The van der Waals surface area contributed by atoms with Crippen molar-refractivity contribution in [2.75, 3.05) is 0 Å². The molecule has 1 saturated carbocycles. The van der Waals surface area contributed by atoms with Crippen LogP contribution in [0.1, 0.15) is 24.4 Å².